The Bertz CT molecular complexity index is 471. The molecule has 4 nitrogen and oxygen atoms in total. The molecular weight excluding hydrogens is 247 g/mol. The van der Waals surface area contributed by atoms with Crippen molar-refractivity contribution in [2.24, 2.45) is 5.10 Å². The second kappa shape index (κ2) is 5.07. The Kier molecular flexibility index (Phi) is 3.95. The van der Waals surface area contributed by atoms with E-state index in [9.17, 15) is 13.2 Å². The number of alkyl halides is 3. The fraction of sp³-hybridized carbons (Fsp3) is 0.273. The lowest BCUT2D eigenvalue weighted by atomic mass is 10.2. The van der Waals surface area contributed by atoms with Crippen molar-refractivity contribution in [2.75, 3.05) is 12.1 Å². The van der Waals surface area contributed by atoms with Crippen LogP contribution in [0.2, 0.25) is 0 Å². The molecule has 1 rings (SSSR count). The van der Waals surface area contributed by atoms with E-state index >= 15 is 0 Å². The molecule has 0 radical (unpaired) electrons. The van der Waals surface area contributed by atoms with Crippen LogP contribution in [0.3, 0.4) is 0 Å². The Balaban J connectivity index is 3.14. The van der Waals surface area contributed by atoms with Gasteiger partial charge in [-0.05, 0) is 30.7 Å². The molecule has 0 atom stereocenters. The van der Waals surface area contributed by atoms with Crippen LogP contribution in [0.4, 0.5) is 18.9 Å². The number of nitrogens with zero attached hydrogens (tertiary/aromatic N) is 2. The number of hydrogen-bond donors (Lipinski definition) is 1. The first-order valence-corrected chi connectivity index (χ1v) is 4.88. The lowest BCUT2D eigenvalue weighted by Gasteiger charge is -2.21. The zero-order valence-electron chi connectivity index (χ0n) is 9.88. The van der Waals surface area contributed by atoms with Crippen molar-refractivity contribution in [1.29, 1.82) is 5.41 Å². The van der Waals surface area contributed by atoms with Gasteiger partial charge in [-0.15, -0.1) is 0 Å². The number of aryl methyl sites for hydroxylation is 1. The molecule has 1 N–H and O–H groups in total. The molecule has 0 aromatic heterocycles. The van der Waals surface area contributed by atoms with E-state index in [-0.39, 0.29) is 5.69 Å². The average molecular weight is 259 g/mol. The van der Waals surface area contributed by atoms with Gasteiger partial charge in [-0.2, -0.15) is 18.3 Å². The third-order valence-corrected chi connectivity index (χ3v) is 2.24. The van der Waals surface area contributed by atoms with E-state index in [1.165, 1.54) is 25.3 Å². The monoisotopic (exact) mass is 259 g/mol. The maximum Gasteiger partial charge on any atom is 0.450 e. The summed E-state index contributed by atoms with van der Waals surface area (Å²) < 4.78 is 42.3. The van der Waals surface area contributed by atoms with Crippen LogP contribution in [0.5, 0.6) is 5.75 Å². The fourth-order valence-corrected chi connectivity index (χ4v) is 1.40. The summed E-state index contributed by atoms with van der Waals surface area (Å²) in [6, 6.07) is 4.32. The van der Waals surface area contributed by atoms with E-state index in [2.05, 4.69) is 11.8 Å². The number of methoxy groups -OCH3 is 1. The van der Waals surface area contributed by atoms with Gasteiger partial charge in [0.1, 0.15) is 5.75 Å². The molecular formula is C11H12F3N3O. The van der Waals surface area contributed by atoms with Crippen LogP contribution in [0.25, 0.3) is 0 Å². The minimum absolute atomic E-state index is 0.102. The third kappa shape index (κ3) is 2.79. The highest BCUT2D eigenvalue weighted by Gasteiger charge is 2.39. The van der Waals surface area contributed by atoms with Gasteiger partial charge >= 0.3 is 6.18 Å². The van der Waals surface area contributed by atoms with E-state index in [0.29, 0.717) is 16.3 Å². The smallest absolute Gasteiger partial charge is 0.450 e. The first-order chi connectivity index (χ1) is 8.31. The molecule has 1 aromatic carbocycles. The summed E-state index contributed by atoms with van der Waals surface area (Å²) in [6.45, 7) is 4.73. The number of hydrazone groups is 1. The topological polar surface area (TPSA) is 48.7 Å². The predicted octanol–water partition coefficient (Wildman–Crippen LogP) is 2.97. The maximum absolute atomic E-state index is 12.4. The molecule has 7 heteroatoms. The van der Waals surface area contributed by atoms with Crippen molar-refractivity contribution in [3.05, 3.63) is 23.8 Å². The van der Waals surface area contributed by atoms with Gasteiger partial charge in [0.15, 0.2) is 0 Å². The van der Waals surface area contributed by atoms with Crippen molar-refractivity contribution in [1.82, 2.24) is 0 Å². The minimum Gasteiger partial charge on any atom is -0.496 e. The highest BCUT2D eigenvalue weighted by molar-refractivity contribution is 5.99. The molecule has 0 bridgehead atoms. The summed E-state index contributed by atoms with van der Waals surface area (Å²) in [5.41, 5.74) is 0.740. The molecule has 0 saturated heterocycles. The number of amidine groups is 1. The number of benzene rings is 1. The Hall–Kier alpha value is -2.05. The van der Waals surface area contributed by atoms with Crippen LogP contribution in [-0.2, 0) is 0 Å². The van der Waals surface area contributed by atoms with Gasteiger partial charge in [0.2, 0.25) is 5.84 Å². The van der Waals surface area contributed by atoms with Crippen LogP contribution in [0, 0.1) is 12.3 Å². The highest BCUT2D eigenvalue weighted by Crippen LogP contribution is 2.28. The van der Waals surface area contributed by atoms with Crippen LogP contribution >= 0.6 is 0 Å². The second-order valence-electron chi connectivity index (χ2n) is 3.45. The number of ether oxygens (including phenoxy) is 1. The number of halogens is 3. The Morgan fingerprint density at radius 1 is 1.44 bits per heavy atom. The van der Waals surface area contributed by atoms with Crippen LogP contribution in [0.15, 0.2) is 23.3 Å². The molecule has 0 amide bonds. The van der Waals surface area contributed by atoms with E-state index in [4.69, 9.17) is 10.1 Å². The van der Waals surface area contributed by atoms with E-state index in [1.54, 1.807) is 6.92 Å². The average Bonchev–Trinajstić information content (AvgIpc) is 2.29. The van der Waals surface area contributed by atoms with Crippen molar-refractivity contribution in [2.45, 2.75) is 13.1 Å². The number of rotatable bonds is 3. The summed E-state index contributed by atoms with van der Waals surface area (Å²) in [4.78, 5) is 0. The van der Waals surface area contributed by atoms with Gasteiger partial charge in [-0.25, -0.2) is 5.01 Å². The van der Waals surface area contributed by atoms with E-state index < -0.39 is 12.0 Å². The Labute approximate surface area is 102 Å². The van der Waals surface area contributed by atoms with Gasteiger partial charge in [-0.1, -0.05) is 0 Å². The largest absolute Gasteiger partial charge is 0.496 e. The molecule has 18 heavy (non-hydrogen) atoms. The molecule has 0 unspecified atom stereocenters. The van der Waals surface area contributed by atoms with E-state index in [0.717, 1.165) is 0 Å². The molecule has 0 aliphatic heterocycles. The molecule has 0 heterocycles. The van der Waals surface area contributed by atoms with Crippen LogP contribution in [0.1, 0.15) is 5.56 Å². The Morgan fingerprint density at radius 2 is 2.06 bits per heavy atom. The van der Waals surface area contributed by atoms with Crippen molar-refractivity contribution in [3.8, 4) is 5.75 Å². The minimum atomic E-state index is -4.78. The molecule has 0 fully saturated rings. The van der Waals surface area contributed by atoms with Gasteiger partial charge < -0.3 is 4.74 Å². The summed E-state index contributed by atoms with van der Waals surface area (Å²) >= 11 is 0. The first-order valence-electron chi connectivity index (χ1n) is 4.88. The lowest BCUT2D eigenvalue weighted by Crippen LogP contribution is -2.37. The van der Waals surface area contributed by atoms with Crippen LogP contribution < -0.4 is 9.75 Å². The molecule has 98 valence electrons. The fourth-order valence-electron chi connectivity index (χ4n) is 1.40. The first kappa shape index (κ1) is 14.0. The summed E-state index contributed by atoms with van der Waals surface area (Å²) in [6.07, 6.45) is -4.78. The molecule has 0 saturated carbocycles. The van der Waals surface area contributed by atoms with Crippen molar-refractivity contribution >= 4 is 18.2 Å². The molecule has 0 aliphatic carbocycles. The highest BCUT2D eigenvalue weighted by atomic mass is 19.4. The quantitative estimate of drug-likeness (QED) is 0.515. The summed E-state index contributed by atoms with van der Waals surface area (Å²) in [5, 5.41) is 10.7. The molecule has 0 spiro atoms. The maximum atomic E-state index is 12.4. The van der Waals surface area contributed by atoms with Gasteiger partial charge in [0.05, 0.1) is 12.8 Å². The van der Waals surface area contributed by atoms with Gasteiger partial charge in [0.25, 0.3) is 0 Å². The second-order valence-corrected chi connectivity index (χ2v) is 3.45. The Morgan fingerprint density at radius 3 is 2.44 bits per heavy atom. The van der Waals surface area contributed by atoms with E-state index in [1.807, 2.05) is 0 Å². The summed E-state index contributed by atoms with van der Waals surface area (Å²) in [5.74, 6) is -1.05. The lowest BCUT2D eigenvalue weighted by molar-refractivity contribution is -0.0609. The predicted molar refractivity (Wildman–Crippen MR) is 63.5 cm³/mol. The number of nitrogens with one attached hydrogen (secondary N) is 1. The van der Waals surface area contributed by atoms with Crippen LogP contribution in [-0.4, -0.2) is 25.8 Å². The van der Waals surface area contributed by atoms with Gasteiger partial charge in [-0.3, -0.25) is 5.41 Å². The zero-order valence-corrected chi connectivity index (χ0v) is 9.88. The van der Waals surface area contributed by atoms with Gasteiger partial charge in [0, 0.05) is 6.72 Å². The third-order valence-electron chi connectivity index (χ3n) is 2.24. The number of anilines is 1. The zero-order chi connectivity index (χ0) is 13.9. The standard InChI is InChI=1S/C11H12F3N3O/c1-7-6-8(4-5-9(7)18-3)17(16-2)10(15)11(12,13)14/h4-6,15H,2H2,1,3H3. The SMILES string of the molecule is C=NN(C(=N)C(F)(F)F)c1ccc(OC)c(C)c1. The molecule has 0 aliphatic rings. The van der Waals surface area contributed by atoms with Crippen molar-refractivity contribution < 1.29 is 17.9 Å². The normalized spacial score (nSPS) is 10.9. The summed E-state index contributed by atoms with van der Waals surface area (Å²) in [7, 11) is 1.46. The molecule has 1 aromatic rings. The number of hydrogen-bond acceptors (Lipinski definition) is 3. The van der Waals surface area contributed by atoms with Crippen molar-refractivity contribution in [3.63, 3.8) is 0 Å².